The molecule has 86 valence electrons. The first-order chi connectivity index (χ1) is 8.25. The molecule has 1 saturated carbocycles. The molecule has 2 heteroatoms. The Morgan fingerprint density at radius 2 is 2.06 bits per heavy atom. The van der Waals surface area contributed by atoms with E-state index in [4.69, 9.17) is 5.73 Å². The number of benzene rings is 1. The summed E-state index contributed by atoms with van der Waals surface area (Å²) in [5.74, 6) is 0.708. The molecule has 2 nitrogen and oxygen atoms in total. The average Bonchev–Trinajstić information content (AvgIpc) is 3.16. The second-order valence-corrected chi connectivity index (χ2v) is 4.79. The van der Waals surface area contributed by atoms with Crippen molar-refractivity contribution in [2.45, 2.75) is 25.7 Å². The van der Waals surface area contributed by atoms with Gasteiger partial charge < -0.3 is 5.73 Å². The normalized spacial score (nSPS) is 14.9. The monoisotopic (exact) mass is 224 g/mol. The van der Waals surface area contributed by atoms with E-state index in [0.717, 1.165) is 11.4 Å². The molecule has 0 radical (unpaired) electrons. The SMILES string of the molecule is Cc1ccc(N)cc1-c1ncccc1C1CC1. The summed E-state index contributed by atoms with van der Waals surface area (Å²) in [4.78, 5) is 4.56. The lowest BCUT2D eigenvalue weighted by molar-refractivity contribution is 1.10. The second-order valence-electron chi connectivity index (χ2n) is 4.79. The number of nitrogen functional groups attached to an aromatic ring is 1. The molecule has 2 N–H and O–H groups in total. The fourth-order valence-electron chi connectivity index (χ4n) is 2.26. The molecule has 0 aliphatic heterocycles. The molecule has 0 saturated heterocycles. The Kier molecular flexibility index (Phi) is 2.36. The van der Waals surface area contributed by atoms with Gasteiger partial charge in [0.15, 0.2) is 0 Å². The minimum atomic E-state index is 0.708. The molecule has 1 aliphatic rings. The first kappa shape index (κ1) is 10.3. The fourth-order valence-corrected chi connectivity index (χ4v) is 2.26. The van der Waals surface area contributed by atoms with Gasteiger partial charge in [-0.15, -0.1) is 0 Å². The van der Waals surface area contributed by atoms with Crippen molar-refractivity contribution in [3.8, 4) is 11.3 Å². The van der Waals surface area contributed by atoms with Crippen LogP contribution in [0.15, 0.2) is 36.5 Å². The van der Waals surface area contributed by atoms with Crippen LogP contribution < -0.4 is 5.73 Å². The standard InChI is InChI=1S/C15H16N2/c1-10-4-7-12(16)9-14(10)15-13(11-5-6-11)3-2-8-17-15/h2-4,7-9,11H,5-6,16H2,1H3. The van der Waals surface area contributed by atoms with Crippen LogP contribution in [-0.4, -0.2) is 4.98 Å². The summed E-state index contributed by atoms with van der Waals surface area (Å²) in [7, 11) is 0. The van der Waals surface area contributed by atoms with Crippen LogP contribution in [0.1, 0.15) is 29.9 Å². The van der Waals surface area contributed by atoms with Gasteiger partial charge in [-0.1, -0.05) is 12.1 Å². The van der Waals surface area contributed by atoms with E-state index in [1.54, 1.807) is 0 Å². The number of aryl methyl sites for hydroxylation is 1. The minimum absolute atomic E-state index is 0.708. The molecule has 3 rings (SSSR count). The van der Waals surface area contributed by atoms with Crippen molar-refractivity contribution >= 4 is 5.69 Å². The van der Waals surface area contributed by atoms with Crippen molar-refractivity contribution in [3.05, 3.63) is 47.7 Å². The van der Waals surface area contributed by atoms with Crippen LogP contribution >= 0.6 is 0 Å². The number of aromatic nitrogens is 1. The molecule has 0 spiro atoms. The summed E-state index contributed by atoms with van der Waals surface area (Å²) < 4.78 is 0. The van der Waals surface area contributed by atoms with Gasteiger partial charge in [0.25, 0.3) is 0 Å². The summed E-state index contributed by atoms with van der Waals surface area (Å²) in [5, 5.41) is 0. The molecule has 1 fully saturated rings. The number of nitrogens with two attached hydrogens (primary N) is 1. The molecule has 1 aliphatic carbocycles. The van der Waals surface area contributed by atoms with Gasteiger partial charge >= 0.3 is 0 Å². The smallest absolute Gasteiger partial charge is 0.0740 e. The topological polar surface area (TPSA) is 38.9 Å². The van der Waals surface area contributed by atoms with Crippen LogP contribution in [0.5, 0.6) is 0 Å². The Balaban J connectivity index is 2.17. The predicted molar refractivity (Wildman–Crippen MR) is 70.8 cm³/mol. The summed E-state index contributed by atoms with van der Waals surface area (Å²) in [6.07, 6.45) is 4.45. The molecule has 1 aromatic carbocycles. The maximum absolute atomic E-state index is 5.88. The predicted octanol–water partition coefficient (Wildman–Crippen LogP) is 3.52. The van der Waals surface area contributed by atoms with Crippen molar-refractivity contribution in [2.75, 3.05) is 5.73 Å². The van der Waals surface area contributed by atoms with Crippen LogP contribution in [-0.2, 0) is 0 Å². The van der Waals surface area contributed by atoms with E-state index in [1.807, 2.05) is 24.4 Å². The number of hydrogen-bond donors (Lipinski definition) is 1. The molecule has 2 aromatic rings. The quantitative estimate of drug-likeness (QED) is 0.793. The van der Waals surface area contributed by atoms with Crippen LogP contribution in [0.25, 0.3) is 11.3 Å². The van der Waals surface area contributed by atoms with Crippen molar-refractivity contribution in [3.63, 3.8) is 0 Å². The highest BCUT2D eigenvalue weighted by Gasteiger charge is 2.27. The minimum Gasteiger partial charge on any atom is -0.399 e. The molecular weight excluding hydrogens is 208 g/mol. The third-order valence-electron chi connectivity index (χ3n) is 3.37. The molecule has 1 aromatic heterocycles. The zero-order valence-corrected chi connectivity index (χ0v) is 9.98. The number of nitrogens with zero attached hydrogens (tertiary/aromatic N) is 1. The third kappa shape index (κ3) is 1.91. The van der Waals surface area contributed by atoms with Gasteiger partial charge in [-0.3, -0.25) is 4.98 Å². The lowest BCUT2D eigenvalue weighted by Crippen LogP contribution is -1.95. The van der Waals surface area contributed by atoms with E-state index in [0.29, 0.717) is 5.92 Å². The molecule has 0 unspecified atom stereocenters. The highest BCUT2D eigenvalue weighted by atomic mass is 14.7. The summed E-state index contributed by atoms with van der Waals surface area (Å²) in [6.45, 7) is 2.11. The van der Waals surface area contributed by atoms with Crippen LogP contribution in [0.3, 0.4) is 0 Å². The zero-order valence-electron chi connectivity index (χ0n) is 9.98. The highest BCUT2D eigenvalue weighted by Crippen LogP contribution is 2.44. The zero-order chi connectivity index (χ0) is 11.8. The molecule has 0 bridgehead atoms. The van der Waals surface area contributed by atoms with Gasteiger partial charge in [-0.25, -0.2) is 0 Å². The number of anilines is 1. The molecule has 1 heterocycles. The summed E-state index contributed by atoms with van der Waals surface area (Å²) >= 11 is 0. The van der Waals surface area contributed by atoms with E-state index in [2.05, 4.69) is 24.0 Å². The van der Waals surface area contributed by atoms with Gasteiger partial charge in [0, 0.05) is 17.4 Å². The van der Waals surface area contributed by atoms with Crippen molar-refractivity contribution < 1.29 is 0 Å². The summed E-state index contributed by atoms with van der Waals surface area (Å²) in [5.41, 5.74) is 11.6. The van der Waals surface area contributed by atoms with E-state index < -0.39 is 0 Å². The number of pyridine rings is 1. The number of hydrogen-bond acceptors (Lipinski definition) is 2. The molecular formula is C15H16N2. The maximum Gasteiger partial charge on any atom is 0.0740 e. The van der Waals surface area contributed by atoms with Gasteiger partial charge in [0.1, 0.15) is 0 Å². The largest absolute Gasteiger partial charge is 0.399 e. The van der Waals surface area contributed by atoms with Gasteiger partial charge in [0.2, 0.25) is 0 Å². The lowest BCUT2D eigenvalue weighted by atomic mass is 9.98. The van der Waals surface area contributed by atoms with E-state index in [-0.39, 0.29) is 0 Å². The van der Waals surface area contributed by atoms with Crippen molar-refractivity contribution in [1.82, 2.24) is 4.98 Å². The Morgan fingerprint density at radius 1 is 1.24 bits per heavy atom. The molecule has 0 amide bonds. The maximum atomic E-state index is 5.88. The Morgan fingerprint density at radius 3 is 2.82 bits per heavy atom. The molecule has 17 heavy (non-hydrogen) atoms. The Bertz CT molecular complexity index is 557. The third-order valence-corrected chi connectivity index (χ3v) is 3.37. The van der Waals surface area contributed by atoms with Gasteiger partial charge in [-0.2, -0.15) is 0 Å². The molecule has 0 atom stereocenters. The second kappa shape index (κ2) is 3.88. The van der Waals surface area contributed by atoms with Gasteiger partial charge in [-0.05, 0) is 55.0 Å². The van der Waals surface area contributed by atoms with E-state index in [9.17, 15) is 0 Å². The Labute approximate surface area is 102 Å². The number of rotatable bonds is 2. The van der Waals surface area contributed by atoms with E-state index in [1.165, 1.54) is 29.5 Å². The summed E-state index contributed by atoms with van der Waals surface area (Å²) in [6, 6.07) is 10.3. The van der Waals surface area contributed by atoms with Crippen LogP contribution in [0, 0.1) is 6.92 Å². The van der Waals surface area contributed by atoms with E-state index >= 15 is 0 Å². The van der Waals surface area contributed by atoms with Crippen LogP contribution in [0.4, 0.5) is 5.69 Å². The Hall–Kier alpha value is -1.83. The first-order valence-electron chi connectivity index (χ1n) is 6.07. The van der Waals surface area contributed by atoms with Crippen molar-refractivity contribution in [1.29, 1.82) is 0 Å². The van der Waals surface area contributed by atoms with Gasteiger partial charge in [0.05, 0.1) is 5.69 Å². The first-order valence-corrected chi connectivity index (χ1v) is 6.07. The fraction of sp³-hybridized carbons (Fsp3) is 0.267. The van der Waals surface area contributed by atoms with Crippen molar-refractivity contribution in [2.24, 2.45) is 0 Å². The average molecular weight is 224 g/mol. The highest BCUT2D eigenvalue weighted by molar-refractivity contribution is 5.71. The van der Waals surface area contributed by atoms with Crippen LogP contribution in [0.2, 0.25) is 0 Å². The lowest BCUT2D eigenvalue weighted by Gasteiger charge is -2.10.